The summed E-state index contributed by atoms with van der Waals surface area (Å²) in [5.74, 6) is -3.11. The zero-order valence-corrected chi connectivity index (χ0v) is 12.9. The number of rotatable bonds is 4. The van der Waals surface area contributed by atoms with Crippen molar-refractivity contribution < 1.29 is 28.9 Å². The molecule has 8 nitrogen and oxygen atoms in total. The molecule has 1 aliphatic rings. The van der Waals surface area contributed by atoms with Crippen molar-refractivity contribution in [3.63, 3.8) is 0 Å². The molecule has 1 aromatic heterocycles. The zero-order chi connectivity index (χ0) is 17.2. The van der Waals surface area contributed by atoms with E-state index in [0.717, 1.165) is 6.92 Å². The molecule has 2 atom stereocenters. The third-order valence-corrected chi connectivity index (χ3v) is 3.75. The number of aliphatic carboxylic acids is 1. The number of amides is 3. The Kier molecular flexibility index (Phi) is 4.44. The lowest BCUT2D eigenvalue weighted by Gasteiger charge is -2.24. The van der Waals surface area contributed by atoms with Crippen molar-refractivity contribution in [1.82, 2.24) is 10.2 Å². The highest BCUT2D eigenvalue weighted by molar-refractivity contribution is 6.06. The number of hydrogen-bond acceptors (Lipinski definition) is 4. The highest BCUT2D eigenvalue weighted by Gasteiger charge is 2.58. The maximum absolute atomic E-state index is 12.7. The fourth-order valence-electron chi connectivity index (χ4n) is 2.91. The molecule has 1 fully saturated rings. The van der Waals surface area contributed by atoms with Crippen LogP contribution in [-0.4, -0.2) is 45.3 Å². The highest BCUT2D eigenvalue weighted by atomic mass is 16.4. The average molecular weight is 320 g/mol. The monoisotopic (exact) mass is 320 g/mol. The first-order valence-corrected chi connectivity index (χ1v) is 7.07. The van der Waals surface area contributed by atoms with Gasteiger partial charge in [-0.2, -0.15) is 0 Å². The molecule has 2 rings (SSSR count). The van der Waals surface area contributed by atoms with Crippen molar-refractivity contribution in [3.8, 4) is 0 Å². The molecule has 8 heteroatoms. The number of pyridine rings is 1. The molecule has 3 amide bonds. The minimum atomic E-state index is -1.47. The fraction of sp³-hybridized carbons (Fsp3) is 0.400. The predicted octanol–water partition coefficient (Wildman–Crippen LogP) is -0.919. The van der Waals surface area contributed by atoms with Crippen molar-refractivity contribution in [3.05, 3.63) is 30.6 Å². The maximum Gasteiger partial charge on any atom is 0.327 e. The van der Waals surface area contributed by atoms with Gasteiger partial charge in [0.25, 0.3) is 5.91 Å². The quantitative estimate of drug-likeness (QED) is 0.698. The second-order valence-electron chi connectivity index (χ2n) is 5.56. The van der Waals surface area contributed by atoms with Crippen LogP contribution >= 0.6 is 0 Å². The maximum atomic E-state index is 12.7. The zero-order valence-electron chi connectivity index (χ0n) is 12.9. The first kappa shape index (κ1) is 16.6. The number of hydrogen-bond donors (Lipinski definition) is 2. The molecule has 1 saturated heterocycles. The van der Waals surface area contributed by atoms with Crippen molar-refractivity contribution in [2.75, 3.05) is 0 Å². The number of carboxylic acid groups (broad SMARTS) is 1. The van der Waals surface area contributed by atoms with E-state index in [0.29, 0.717) is 4.90 Å². The average Bonchev–Trinajstić information content (AvgIpc) is 2.73. The second kappa shape index (κ2) is 6.15. The summed E-state index contributed by atoms with van der Waals surface area (Å²) in [5.41, 5.74) is -1.47. The first-order chi connectivity index (χ1) is 10.8. The Hall–Kier alpha value is -2.77. The number of carboxylic acids is 1. The van der Waals surface area contributed by atoms with Gasteiger partial charge in [-0.05, 0) is 0 Å². The molecule has 1 unspecified atom stereocenters. The van der Waals surface area contributed by atoms with Crippen LogP contribution < -0.4 is 9.88 Å². The summed E-state index contributed by atoms with van der Waals surface area (Å²) in [6, 6.07) is 3.99. The van der Waals surface area contributed by atoms with Crippen LogP contribution in [0.1, 0.15) is 20.3 Å². The molecule has 0 saturated carbocycles. The molecular formula is C15H18N3O5+. The normalized spacial score (nSPS) is 23.7. The van der Waals surface area contributed by atoms with Gasteiger partial charge in [0.1, 0.15) is 6.04 Å². The van der Waals surface area contributed by atoms with Crippen LogP contribution in [0.4, 0.5) is 0 Å². The van der Waals surface area contributed by atoms with Gasteiger partial charge in [-0.25, -0.2) is 9.36 Å². The summed E-state index contributed by atoms with van der Waals surface area (Å²) in [6.45, 7) is 2.42. The van der Waals surface area contributed by atoms with Gasteiger partial charge >= 0.3 is 5.97 Å². The number of carbonyl (C=O) groups excluding carboxylic acids is 3. The van der Waals surface area contributed by atoms with Gasteiger partial charge in [0.2, 0.25) is 11.8 Å². The fourth-order valence-corrected chi connectivity index (χ4v) is 2.91. The standard InChI is InChI=1S/C15H17N3O5/c1-10(19)16-15(9-17-6-4-3-5-7-17)8-12(13(21)22)18(11(2)20)14(15)23/h3-7,12H,8-9H2,1-2H3,(H-,16,19,21,22)/p+1/t12-,15?/m0/s1. The van der Waals surface area contributed by atoms with Crippen LogP contribution in [0.3, 0.4) is 0 Å². The van der Waals surface area contributed by atoms with E-state index >= 15 is 0 Å². The molecule has 0 aromatic carbocycles. The van der Waals surface area contributed by atoms with E-state index in [4.69, 9.17) is 0 Å². The van der Waals surface area contributed by atoms with E-state index in [9.17, 15) is 24.3 Å². The van der Waals surface area contributed by atoms with Crippen molar-refractivity contribution >= 4 is 23.7 Å². The van der Waals surface area contributed by atoms with Gasteiger partial charge < -0.3 is 10.4 Å². The lowest BCUT2D eigenvalue weighted by Crippen LogP contribution is -2.61. The molecule has 0 bridgehead atoms. The minimum Gasteiger partial charge on any atom is -0.480 e. The molecule has 1 aliphatic heterocycles. The number of imide groups is 1. The van der Waals surface area contributed by atoms with Crippen molar-refractivity contribution in [1.29, 1.82) is 0 Å². The third kappa shape index (κ3) is 3.20. The Labute approximate surface area is 132 Å². The van der Waals surface area contributed by atoms with Gasteiger partial charge in [0.05, 0.1) is 0 Å². The topological polar surface area (TPSA) is 108 Å². The SMILES string of the molecule is CC(=O)NC1(C[n+]2ccccc2)C[C@@H](C(=O)O)N(C(C)=O)C1=O. The molecule has 2 N–H and O–H groups in total. The van der Waals surface area contributed by atoms with Crippen molar-refractivity contribution in [2.45, 2.75) is 38.4 Å². The van der Waals surface area contributed by atoms with E-state index in [-0.39, 0.29) is 13.0 Å². The third-order valence-electron chi connectivity index (χ3n) is 3.75. The number of nitrogens with one attached hydrogen (secondary N) is 1. The Morgan fingerprint density at radius 1 is 1.30 bits per heavy atom. The largest absolute Gasteiger partial charge is 0.480 e. The Balaban J connectivity index is 2.45. The van der Waals surface area contributed by atoms with Crippen LogP contribution in [0.15, 0.2) is 30.6 Å². The predicted molar refractivity (Wildman–Crippen MR) is 76.8 cm³/mol. The molecule has 1 aromatic rings. The van der Waals surface area contributed by atoms with Gasteiger partial charge in [0.15, 0.2) is 24.5 Å². The molecule has 0 spiro atoms. The van der Waals surface area contributed by atoms with Gasteiger partial charge in [-0.15, -0.1) is 0 Å². The molecule has 0 aliphatic carbocycles. The van der Waals surface area contributed by atoms with E-state index in [1.54, 1.807) is 35.2 Å². The second-order valence-corrected chi connectivity index (χ2v) is 5.56. The molecular weight excluding hydrogens is 302 g/mol. The van der Waals surface area contributed by atoms with Crippen LogP contribution in [-0.2, 0) is 25.7 Å². The lowest BCUT2D eigenvalue weighted by atomic mass is 9.94. The molecule has 0 radical (unpaired) electrons. The number of carbonyl (C=O) groups is 4. The Morgan fingerprint density at radius 3 is 2.35 bits per heavy atom. The first-order valence-electron chi connectivity index (χ1n) is 7.07. The summed E-state index contributed by atoms with van der Waals surface area (Å²) in [6.07, 6.45) is 3.22. The van der Waals surface area contributed by atoms with Crippen LogP contribution in [0.2, 0.25) is 0 Å². The van der Waals surface area contributed by atoms with E-state index < -0.39 is 35.3 Å². The summed E-state index contributed by atoms with van der Waals surface area (Å²) in [5, 5.41) is 11.9. The molecule has 23 heavy (non-hydrogen) atoms. The Morgan fingerprint density at radius 2 is 1.91 bits per heavy atom. The summed E-state index contributed by atoms with van der Waals surface area (Å²) >= 11 is 0. The molecule has 122 valence electrons. The molecule has 2 heterocycles. The number of likely N-dealkylation sites (tertiary alicyclic amines) is 1. The van der Waals surface area contributed by atoms with Gasteiger partial charge in [-0.3, -0.25) is 19.3 Å². The summed E-state index contributed by atoms with van der Waals surface area (Å²) < 4.78 is 1.66. The summed E-state index contributed by atoms with van der Waals surface area (Å²) in [7, 11) is 0. The van der Waals surface area contributed by atoms with E-state index in [1.807, 2.05) is 0 Å². The minimum absolute atomic E-state index is 0.0415. The van der Waals surface area contributed by atoms with E-state index in [1.165, 1.54) is 6.92 Å². The lowest BCUT2D eigenvalue weighted by molar-refractivity contribution is -0.702. The van der Waals surface area contributed by atoms with Gasteiger partial charge in [0, 0.05) is 32.4 Å². The Bertz CT molecular complexity index is 660. The van der Waals surface area contributed by atoms with Crippen LogP contribution in [0.25, 0.3) is 0 Å². The smallest absolute Gasteiger partial charge is 0.327 e. The summed E-state index contributed by atoms with van der Waals surface area (Å²) in [4.78, 5) is 48.2. The number of nitrogens with zero attached hydrogens (tertiary/aromatic N) is 2. The van der Waals surface area contributed by atoms with Crippen LogP contribution in [0.5, 0.6) is 0 Å². The van der Waals surface area contributed by atoms with E-state index in [2.05, 4.69) is 5.32 Å². The van der Waals surface area contributed by atoms with Crippen molar-refractivity contribution in [2.24, 2.45) is 0 Å². The van der Waals surface area contributed by atoms with Crippen LogP contribution in [0, 0.1) is 0 Å². The number of aromatic nitrogens is 1. The van der Waals surface area contributed by atoms with Gasteiger partial charge in [-0.1, -0.05) is 6.07 Å². The highest BCUT2D eigenvalue weighted by Crippen LogP contribution is 2.30.